The largest absolute Gasteiger partial charge is 0.383 e. The molecular weight excluding hydrogens is 2000 g/mol. The van der Waals surface area contributed by atoms with Gasteiger partial charge in [-0.2, -0.15) is 0 Å². The lowest BCUT2D eigenvalue weighted by atomic mass is 10.0. The molecule has 0 amide bonds. The molecule has 6 aromatic carbocycles. The number of piperidine rings is 2. The summed E-state index contributed by atoms with van der Waals surface area (Å²) in [5, 5.41) is 33.9. The second kappa shape index (κ2) is 55.1. The summed E-state index contributed by atoms with van der Waals surface area (Å²) in [7, 11) is 6.21. The van der Waals surface area contributed by atoms with E-state index in [0.29, 0.717) is 46.9 Å². The summed E-state index contributed by atoms with van der Waals surface area (Å²) in [6.07, 6.45) is 12.1. The number of hydrogen-bond donors (Lipinski definition) is 10. The number of nitrogens with one attached hydrogen (secondary N) is 5. The molecule has 0 atom stereocenters. The number of benzene rings is 6. The van der Waals surface area contributed by atoms with Gasteiger partial charge < -0.3 is 89.6 Å². The molecule has 9 aliphatic rings. The van der Waals surface area contributed by atoms with Crippen LogP contribution in [0, 0.1) is 11.2 Å². The van der Waals surface area contributed by atoms with E-state index < -0.39 is 0 Å². The number of fused-ring (bicyclic) bond motifs is 6. The van der Waals surface area contributed by atoms with E-state index in [1.807, 2.05) is 183 Å². The molecule has 8 aliphatic heterocycles. The molecule has 14 heterocycles. The monoisotopic (exact) mass is 2130 g/mol. The normalized spacial score (nSPS) is 16.8. The molecule has 142 heavy (non-hydrogen) atoms. The van der Waals surface area contributed by atoms with Gasteiger partial charge in [-0.15, -0.1) is 139 Å². The highest BCUT2D eigenvalue weighted by Crippen LogP contribution is 2.46. The lowest BCUT2D eigenvalue weighted by Gasteiger charge is -2.39. The van der Waals surface area contributed by atoms with Crippen molar-refractivity contribution < 1.29 is 4.39 Å². The fraction of sp³-hybridized carbons (Fsp3) is 0.383. The third kappa shape index (κ3) is 30.0. The zero-order valence-electron chi connectivity index (χ0n) is 80.8. The maximum absolute atomic E-state index is 14.5. The van der Waals surface area contributed by atoms with E-state index >= 15 is 0 Å². The quantitative estimate of drug-likeness (QED) is 0.0130. The number of rotatable bonds is 27. The topological polar surface area (TPSA) is 287 Å². The Morgan fingerprint density at radius 3 is 1.15 bits per heavy atom. The third-order valence-corrected chi connectivity index (χ3v) is 37.0. The average molecular weight is 2130 g/mol. The van der Waals surface area contributed by atoms with Crippen molar-refractivity contribution in [2.45, 2.75) is 126 Å². The van der Waals surface area contributed by atoms with E-state index in [1.54, 1.807) is 74.5 Å². The van der Waals surface area contributed by atoms with Crippen LogP contribution in [0.15, 0.2) is 263 Å². The SMILES string of the molecule is C.CCCNCCN1CCSc2ccc(N=C(N)c3cccs3)cc21.CN(C)CCN1CCSc2ccc(N=C(N)c3cccs3)cc21.CNCCN1CCSc2ccc(N=C(N)c3cccs3)cc21.N=C(Cc1ccc2c(c1)SCCN2C1CCCC1)c1cccs1.NC(=Nc1cc2c(cc1F)SCCN2C1CCNCC1)c1cccs1.NC(=Nc1ccc2c(c1)N(C1CCNCC1)CCS2)c1cccs1. The fourth-order valence-electron chi connectivity index (χ4n) is 18.2. The molecule has 1 saturated carbocycles. The highest BCUT2D eigenvalue weighted by molar-refractivity contribution is 8.00. The molecule has 0 bridgehead atoms. The van der Waals surface area contributed by atoms with Crippen LogP contribution in [-0.4, -0.2) is 225 Å². The molecule has 0 spiro atoms. The summed E-state index contributed by atoms with van der Waals surface area (Å²) in [6.45, 7) is 20.3. The second-order valence-corrected chi connectivity index (χ2v) is 47.9. The minimum atomic E-state index is -0.307. The molecule has 752 valence electrons. The second-order valence-electron chi connectivity index (χ2n) is 35.4. The van der Waals surface area contributed by atoms with Gasteiger partial charge >= 0.3 is 0 Å². The number of likely N-dealkylation sites (N-methyl/N-ethyl adjacent to an activating group) is 2. The van der Waals surface area contributed by atoms with Crippen molar-refractivity contribution in [3.63, 3.8) is 0 Å². The van der Waals surface area contributed by atoms with Gasteiger partial charge in [-0.1, -0.05) is 69.7 Å². The van der Waals surface area contributed by atoms with E-state index in [4.69, 9.17) is 34.1 Å². The Bertz CT molecular complexity index is 6090. The minimum Gasteiger partial charge on any atom is -0.383 e. The molecule has 0 unspecified atom stereocenters. The summed E-state index contributed by atoms with van der Waals surface area (Å²) >= 11 is 21.0. The number of aliphatic imine (C=N–C) groups is 5. The van der Waals surface area contributed by atoms with Gasteiger partial charge in [0.1, 0.15) is 40.7 Å². The highest BCUT2D eigenvalue weighted by atomic mass is 32.2. The molecule has 15 N–H and O–H groups in total. The number of anilines is 6. The van der Waals surface area contributed by atoms with E-state index in [0.717, 1.165) is 227 Å². The Balaban J connectivity index is 0.000000128. The Labute approximate surface area is 888 Å². The van der Waals surface area contributed by atoms with Crippen molar-refractivity contribution in [1.29, 1.82) is 5.41 Å². The lowest BCUT2D eigenvalue weighted by Crippen LogP contribution is -2.45. The molecule has 2 saturated heterocycles. The van der Waals surface area contributed by atoms with Gasteiger partial charge in [0.25, 0.3) is 0 Å². The first-order chi connectivity index (χ1) is 69.0. The zero-order chi connectivity index (χ0) is 97.6. The first-order valence-corrected chi connectivity index (χ1v) is 60.0. The molecule has 21 rings (SSSR count). The molecular formula is C107H135FN22S12. The molecule has 6 aromatic heterocycles. The van der Waals surface area contributed by atoms with Gasteiger partial charge in [-0.25, -0.2) is 29.4 Å². The number of halogens is 1. The van der Waals surface area contributed by atoms with Crippen LogP contribution >= 0.6 is 139 Å². The first kappa shape index (κ1) is 107. The maximum Gasteiger partial charge on any atom is 0.150 e. The van der Waals surface area contributed by atoms with Crippen LogP contribution in [0.5, 0.6) is 0 Å². The fourth-order valence-corrected chi connectivity index (χ4v) is 28.2. The molecule has 1 aliphatic carbocycles. The maximum atomic E-state index is 14.5. The first-order valence-electron chi connectivity index (χ1n) is 48.8. The summed E-state index contributed by atoms with van der Waals surface area (Å²) in [5.41, 5.74) is 44.3. The van der Waals surface area contributed by atoms with E-state index in [1.165, 1.54) is 127 Å². The predicted molar refractivity (Wildman–Crippen MR) is 626 cm³/mol. The number of hydrogen-bond acceptors (Lipinski definition) is 29. The van der Waals surface area contributed by atoms with Gasteiger partial charge in [0.15, 0.2) is 0 Å². The van der Waals surface area contributed by atoms with Gasteiger partial charge in [0.2, 0.25) is 0 Å². The lowest BCUT2D eigenvalue weighted by molar-refractivity contribution is 0.413. The van der Waals surface area contributed by atoms with E-state index in [-0.39, 0.29) is 13.2 Å². The highest BCUT2D eigenvalue weighted by Gasteiger charge is 2.32. The van der Waals surface area contributed by atoms with E-state index in [9.17, 15) is 4.39 Å². The number of nitrogens with zero attached hydrogens (tertiary/aromatic N) is 12. The summed E-state index contributed by atoms with van der Waals surface area (Å²) in [5.74, 6) is 9.18. The van der Waals surface area contributed by atoms with Crippen LogP contribution in [0.25, 0.3) is 0 Å². The summed E-state index contributed by atoms with van der Waals surface area (Å²) in [6, 6.07) is 61.8. The van der Waals surface area contributed by atoms with Crippen LogP contribution < -0.4 is 79.3 Å². The van der Waals surface area contributed by atoms with Crippen molar-refractivity contribution in [3.05, 3.63) is 249 Å². The van der Waals surface area contributed by atoms with Crippen LogP contribution in [0.4, 0.5) is 67.0 Å². The minimum absolute atomic E-state index is 0. The Kier molecular flexibility index (Phi) is 41.7. The van der Waals surface area contributed by atoms with Crippen LogP contribution in [0.1, 0.15) is 107 Å². The Morgan fingerprint density at radius 2 is 0.746 bits per heavy atom. The van der Waals surface area contributed by atoms with Gasteiger partial charge in [0.05, 0.1) is 87.0 Å². The average Bonchev–Trinajstić information content (AvgIpc) is 1.22. The zero-order valence-corrected chi connectivity index (χ0v) is 90.6. The number of nitrogens with two attached hydrogens (primary N) is 5. The van der Waals surface area contributed by atoms with Crippen molar-refractivity contribution in [1.82, 2.24) is 26.2 Å². The van der Waals surface area contributed by atoms with Crippen molar-refractivity contribution in [3.8, 4) is 0 Å². The van der Waals surface area contributed by atoms with Crippen molar-refractivity contribution >= 4 is 236 Å². The third-order valence-electron chi connectivity index (χ3n) is 25.4. The van der Waals surface area contributed by atoms with Gasteiger partial charge in [0, 0.05) is 172 Å². The molecule has 35 heteroatoms. The van der Waals surface area contributed by atoms with Crippen molar-refractivity contribution in [2.75, 3.05) is 196 Å². The van der Waals surface area contributed by atoms with Crippen LogP contribution in [0.2, 0.25) is 0 Å². The predicted octanol–water partition coefficient (Wildman–Crippen LogP) is 22.8. The molecule has 12 aromatic rings. The van der Waals surface area contributed by atoms with Gasteiger partial charge in [-0.3, -0.25) is 0 Å². The Hall–Kier alpha value is -8.83. The van der Waals surface area contributed by atoms with E-state index in [2.05, 4.69) is 186 Å². The number of thioether (sulfide) groups is 6. The smallest absolute Gasteiger partial charge is 0.150 e. The van der Waals surface area contributed by atoms with Gasteiger partial charge in [-0.05, 0) is 270 Å². The summed E-state index contributed by atoms with van der Waals surface area (Å²) < 4.78 is 14.5. The van der Waals surface area contributed by atoms with Crippen LogP contribution in [0.3, 0.4) is 0 Å². The number of thiophene rings is 6. The van der Waals surface area contributed by atoms with Crippen molar-refractivity contribution in [2.24, 2.45) is 53.6 Å². The standard InChI is InChI=1S/C19H22N2S2.C18H21FN4S2.C18H22N4S2.C18H24N4S2.C17H22N4S2.C16H20N4S2.CH4/c20-16(18-6-3-10-22-18)12-14-7-8-17-19(13-14)23-11-9-21(17)15-4-1-2-5-15;19-13-10-17-15(11-14(13)22-18(20)16-2-1-8-24-16)23(7-9-25-17)12-3-5-21-6-4-12;19-18(17-2-1-10-23-17)21-13-3-4-16-15(12-13)22(9-11-24-16)14-5-7-20-8-6-14;1-2-7-20-8-9-22-10-12-24-16-6-5-14(13-15(16)22)21-18(19)17-4-3-11-23-17;1-20(2)7-8-21-9-11-23-15-6-5-13(12-14(15)21)19-17(18)16-4-3-10-22-16;1-18-6-7-20-8-10-22-14-5-4-12(11-13(14)20)19-16(17)15-3-2-9-21-15;/h3,6-8,10,13,15,20H,1-2,4-5,9,11-12H2;1-2,8,10-12,21H,3-7,9H2,(H2,20,22);1-4,10,12,14,20H,5-9,11H2,(H2,19,21);3-6,11,13,20H,2,7-10,12H2,1H3,(H2,19,21);3-6,10,12H,7-9,11H2,1-2H3,(H2,18,19);2-5,9,11,18H,6-8,10H2,1H3,(H2,17,19);1H4. The molecule has 3 fully saturated rings. The summed E-state index contributed by atoms with van der Waals surface area (Å²) in [4.78, 5) is 53.8. The molecule has 22 nitrogen and oxygen atoms in total. The Morgan fingerprint density at radius 1 is 0.394 bits per heavy atom. The molecule has 0 radical (unpaired) electrons. The van der Waals surface area contributed by atoms with Crippen LogP contribution in [-0.2, 0) is 6.42 Å². The number of amidine groups is 5.